The topological polar surface area (TPSA) is 68.3 Å². The smallest absolute Gasteiger partial charge is 0.364 e. The molecule has 0 spiro atoms. The Morgan fingerprint density at radius 1 is 1.44 bits per heavy atom. The zero-order chi connectivity index (χ0) is 11.4. The fourth-order valence-corrected chi connectivity index (χ4v) is 1.58. The van der Waals surface area contributed by atoms with Crippen LogP contribution in [0.1, 0.15) is 23.3 Å². The third kappa shape index (κ3) is 2.43. The van der Waals surface area contributed by atoms with Crippen LogP contribution < -0.4 is 5.32 Å². The number of hydrogen-bond donors (Lipinski definition) is 1. The van der Waals surface area contributed by atoms with Gasteiger partial charge in [0.25, 0.3) is 0 Å². The normalized spacial score (nSPS) is 19.4. The fourth-order valence-electron chi connectivity index (χ4n) is 1.58. The maximum absolute atomic E-state index is 11.5. The molecule has 0 saturated carbocycles. The van der Waals surface area contributed by atoms with Crippen LogP contribution in [0.2, 0.25) is 0 Å². The van der Waals surface area contributed by atoms with Gasteiger partial charge in [-0.25, -0.2) is 14.6 Å². The number of ether oxygens (including phenoxy) is 1. The molecule has 1 aliphatic rings. The van der Waals surface area contributed by atoms with Crippen molar-refractivity contribution in [2.24, 2.45) is 0 Å². The summed E-state index contributed by atoms with van der Waals surface area (Å²) in [5, 5.41) is 2.97. The van der Waals surface area contributed by atoms with Gasteiger partial charge in [0.2, 0.25) is 0 Å². The van der Waals surface area contributed by atoms with Crippen molar-refractivity contribution < 1.29 is 14.3 Å². The number of nitrogens with one attached hydrogen (secondary N) is 1. The molecule has 0 bridgehead atoms. The second kappa shape index (κ2) is 4.85. The Balaban J connectivity index is 1.94. The van der Waals surface area contributed by atoms with E-state index in [1.165, 1.54) is 12.3 Å². The molecule has 84 valence electrons. The summed E-state index contributed by atoms with van der Waals surface area (Å²) in [4.78, 5) is 26.8. The number of esters is 2. The molecule has 2 rings (SSSR count). The summed E-state index contributed by atoms with van der Waals surface area (Å²) in [6.07, 6.45) is 3.13. The molecule has 1 saturated heterocycles. The lowest BCUT2D eigenvalue weighted by Gasteiger charge is -2.07. The van der Waals surface area contributed by atoms with Crippen LogP contribution in [0.3, 0.4) is 0 Å². The summed E-state index contributed by atoms with van der Waals surface area (Å²) in [5.74, 6) is -1.22. The molecule has 1 aromatic heterocycles. The molecule has 0 radical (unpaired) electrons. The highest BCUT2D eigenvalue weighted by Gasteiger charge is 2.26. The molecule has 1 aliphatic heterocycles. The average molecular weight is 220 g/mol. The third-order valence-corrected chi connectivity index (χ3v) is 2.41. The van der Waals surface area contributed by atoms with Gasteiger partial charge in [0.15, 0.2) is 0 Å². The van der Waals surface area contributed by atoms with Crippen molar-refractivity contribution in [3.8, 4) is 0 Å². The van der Waals surface area contributed by atoms with Gasteiger partial charge in [-0.05, 0) is 31.5 Å². The van der Waals surface area contributed by atoms with Gasteiger partial charge in [0.05, 0.1) is 0 Å². The summed E-state index contributed by atoms with van der Waals surface area (Å²) in [6.45, 7) is 0.789. The lowest BCUT2D eigenvalue weighted by molar-refractivity contribution is -0.140. The summed E-state index contributed by atoms with van der Waals surface area (Å²) >= 11 is 0. The molecule has 2 heterocycles. The number of hydrogen-bond acceptors (Lipinski definition) is 5. The van der Waals surface area contributed by atoms with Crippen LogP contribution in [0.4, 0.5) is 0 Å². The first-order valence-electron chi connectivity index (χ1n) is 5.18. The maximum atomic E-state index is 11.5. The van der Waals surface area contributed by atoms with Gasteiger partial charge in [-0.1, -0.05) is 6.07 Å². The van der Waals surface area contributed by atoms with Crippen molar-refractivity contribution >= 4 is 11.9 Å². The Hall–Kier alpha value is -1.75. The van der Waals surface area contributed by atoms with E-state index in [-0.39, 0.29) is 11.7 Å². The van der Waals surface area contributed by atoms with E-state index >= 15 is 0 Å². The second-order valence-corrected chi connectivity index (χ2v) is 3.57. The number of aromatic nitrogens is 1. The van der Waals surface area contributed by atoms with Crippen molar-refractivity contribution in [1.29, 1.82) is 0 Å². The number of rotatable bonds is 2. The molecule has 0 aliphatic carbocycles. The van der Waals surface area contributed by atoms with E-state index in [1.807, 2.05) is 0 Å². The highest BCUT2D eigenvalue weighted by molar-refractivity contribution is 5.96. The van der Waals surface area contributed by atoms with Crippen LogP contribution in [0.25, 0.3) is 0 Å². The summed E-state index contributed by atoms with van der Waals surface area (Å²) in [5.41, 5.74) is 0.147. The van der Waals surface area contributed by atoms with Crippen molar-refractivity contribution in [3.63, 3.8) is 0 Å². The lowest BCUT2D eigenvalue weighted by Crippen LogP contribution is -2.33. The van der Waals surface area contributed by atoms with E-state index in [4.69, 9.17) is 4.74 Å². The molecular weight excluding hydrogens is 208 g/mol. The zero-order valence-electron chi connectivity index (χ0n) is 8.68. The van der Waals surface area contributed by atoms with Crippen LogP contribution in [0.15, 0.2) is 24.4 Å². The quantitative estimate of drug-likeness (QED) is 0.581. The predicted octanol–water partition coefficient (Wildman–Crippen LogP) is 0.517. The second-order valence-electron chi connectivity index (χ2n) is 3.57. The molecule has 16 heavy (non-hydrogen) atoms. The number of pyridine rings is 1. The largest absolute Gasteiger partial charge is 0.387 e. The van der Waals surface area contributed by atoms with Crippen LogP contribution in [-0.4, -0.2) is 29.5 Å². The molecule has 0 amide bonds. The van der Waals surface area contributed by atoms with E-state index in [0.29, 0.717) is 6.42 Å². The molecule has 1 atom stereocenters. The molecular formula is C11H12N2O3. The average Bonchev–Trinajstić information content (AvgIpc) is 2.83. The van der Waals surface area contributed by atoms with Crippen LogP contribution >= 0.6 is 0 Å². The molecule has 1 fully saturated rings. The Morgan fingerprint density at radius 3 is 2.94 bits per heavy atom. The van der Waals surface area contributed by atoms with Gasteiger partial charge in [-0.3, -0.25) is 0 Å². The zero-order valence-corrected chi connectivity index (χ0v) is 8.68. The predicted molar refractivity (Wildman–Crippen MR) is 55.7 cm³/mol. The van der Waals surface area contributed by atoms with Crippen LogP contribution in [-0.2, 0) is 9.53 Å². The molecule has 0 aromatic carbocycles. The van der Waals surface area contributed by atoms with E-state index in [0.717, 1.165) is 13.0 Å². The minimum absolute atomic E-state index is 0.147. The number of carbonyl (C=O) groups is 2. The maximum Gasteiger partial charge on any atom is 0.364 e. The Morgan fingerprint density at radius 2 is 2.31 bits per heavy atom. The first kappa shape index (κ1) is 10.8. The summed E-state index contributed by atoms with van der Waals surface area (Å²) < 4.78 is 4.72. The van der Waals surface area contributed by atoms with Gasteiger partial charge >= 0.3 is 11.9 Å². The Kier molecular flexibility index (Phi) is 3.26. The van der Waals surface area contributed by atoms with E-state index in [9.17, 15) is 9.59 Å². The van der Waals surface area contributed by atoms with Crippen molar-refractivity contribution in [3.05, 3.63) is 30.1 Å². The highest BCUT2D eigenvalue weighted by Crippen LogP contribution is 2.07. The SMILES string of the molecule is O=C(OC(=O)[C@@H]1CCCN1)c1ccccn1. The van der Waals surface area contributed by atoms with Gasteiger partial charge in [0.1, 0.15) is 11.7 Å². The minimum atomic E-state index is -0.695. The first-order valence-corrected chi connectivity index (χ1v) is 5.18. The fraction of sp³-hybridized carbons (Fsp3) is 0.364. The molecule has 1 aromatic rings. The van der Waals surface area contributed by atoms with Gasteiger partial charge in [-0.2, -0.15) is 0 Å². The number of nitrogens with zero attached hydrogens (tertiary/aromatic N) is 1. The van der Waals surface area contributed by atoms with E-state index in [1.54, 1.807) is 12.1 Å². The lowest BCUT2D eigenvalue weighted by atomic mass is 10.2. The summed E-state index contributed by atoms with van der Waals surface area (Å²) in [7, 11) is 0. The Bertz CT molecular complexity index is 385. The van der Waals surface area contributed by atoms with Crippen molar-refractivity contribution in [1.82, 2.24) is 10.3 Å². The van der Waals surface area contributed by atoms with Gasteiger partial charge in [0, 0.05) is 6.20 Å². The molecule has 1 N–H and O–H groups in total. The standard InChI is InChI=1S/C11H12N2O3/c14-10(8-4-1-2-6-12-8)16-11(15)9-5-3-7-13-9/h1-2,4,6,9,13H,3,5,7H2/t9-/m0/s1. The molecule has 5 heteroatoms. The van der Waals surface area contributed by atoms with Gasteiger partial charge < -0.3 is 10.1 Å². The molecule has 0 unspecified atom stereocenters. The van der Waals surface area contributed by atoms with Crippen LogP contribution in [0, 0.1) is 0 Å². The van der Waals surface area contributed by atoms with Crippen LogP contribution in [0.5, 0.6) is 0 Å². The summed E-state index contributed by atoms with van der Waals surface area (Å²) in [6, 6.07) is 4.52. The first-order chi connectivity index (χ1) is 7.77. The van der Waals surface area contributed by atoms with Gasteiger partial charge in [-0.15, -0.1) is 0 Å². The molecule has 5 nitrogen and oxygen atoms in total. The van der Waals surface area contributed by atoms with E-state index < -0.39 is 11.9 Å². The van der Waals surface area contributed by atoms with E-state index in [2.05, 4.69) is 10.3 Å². The third-order valence-electron chi connectivity index (χ3n) is 2.41. The minimum Gasteiger partial charge on any atom is -0.387 e. The number of carbonyl (C=O) groups excluding carboxylic acids is 2. The monoisotopic (exact) mass is 220 g/mol. The highest BCUT2D eigenvalue weighted by atomic mass is 16.6. The van der Waals surface area contributed by atoms with Crippen molar-refractivity contribution in [2.45, 2.75) is 18.9 Å². The Labute approximate surface area is 92.8 Å². The van der Waals surface area contributed by atoms with Crippen molar-refractivity contribution in [2.75, 3.05) is 6.54 Å².